The minimum Gasteiger partial charge on any atom is -0.447 e. The van der Waals surface area contributed by atoms with Crippen LogP contribution in [0.5, 0.6) is 0 Å². The number of hydrogen-bond donors (Lipinski definition) is 1. The van der Waals surface area contributed by atoms with Crippen LogP contribution in [0.2, 0.25) is 10.0 Å². The van der Waals surface area contributed by atoms with Gasteiger partial charge in [-0.1, -0.05) is 183 Å². The molecule has 0 aromatic heterocycles. The van der Waals surface area contributed by atoms with Gasteiger partial charge in [0.25, 0.3) is 26.2 Å². The minimum atomic E-state index is -0.470. The molecule has 0 heterocycles. The predicted octanol–water partition coefficient (Wildman–Crippen LogP) is 20.9. The molecule has 0 saturated heterocycles. The van der Waals surface area contributed by atoms with E-state index < -0.39 is 6.09 Å². The Hall–Kier alpha value is -2.26. The Balaban J connectivity index is -0.000000447. The quantitative estimate of drug-likeness (QED) is 0.101. The van der Waals surface area contributed by atoms with E-state index in [1.807, 2.05) is 106 Å². The first-order valence-corrected chi connectivity index (χ1v) is 35.0. The molecule has 472 valence electrons. The average Bonchev–Trinajstić information content (AvgIpc) is 3.42. The van der Waals surface area contributed by atoms with Crippen LogP contribution in [0, 0.1) is 0 Å². The summed E-state index contributed by atoms with van der Waals surface area (Å²) in [7, 11) is 0. The van der Waals surface area contributed by atoms with Gasteiger partial charge in [0, 0.05) is 119 Å². The highest BCUT2D eigenvalue weighted by atomic mass is 35.5. The average molecular weight is 1340 g/mol. The molecule has 0 unspecified atom stereocenters. The smallest absolute Gasteiger partial charge is 0.411 e. The Labute approximate surface area is 542 Å². The zero-order valence-electron chi connectivity index (χ0n) is 51.9. The van der Waals surface area contributed by atoms with Crippen LogP contribution in [0.1, 0.15) is 148 Å². The van der Waals surface area contributed by atoms with Crippen LogP contribution in [0.15, 0.2) is 70.7 Å². The summed E-state index contributed by atoms with van der Waals surface area (Å²) in [6.45, 7) is 42.2. The Bertz CT molecular complexity index is 2040. The van der Waals surface area contributed by atoms with Crippen molar-refractivity contribution in [1.29, 1.82) is 0 Å². The number of benzene rings is 2. The number of anilines is 1. The number of amides is 6. The molecular formula is C59H99Cl5N6O7S5. The van der Waals surface area contributed by atoms with Crippen LogP contribution in [-0.2, 0) is 10.5 Å². The van der Waals surface area contributed by atoms with Crippen molar-refractivity contribution >= 4 is 155 Å². The van der Waals surface area contributed by atoms with Crippen LogP contribution in [0.3, 0.4) is 0 Å². The molecule has 0 radical (unpaired) electrons. The number of nitrogens with one attached hydrogen (secondary N) is 1. The van der Waals surface area contributed by atoms with Gasteiger partial charge in [0.2, 0.25) is 0 Å². The van der Waals surface area contributed by atoms with Gasteiger partial charge in [-0.2, -0.15) is 0 Å². The Morgan fingerprint density at radius 3 is 1.38 bits per heavy atom. The number of carbonyl (C=O) groups excluding carboxylic acids is 6. The first-order valence-electron chi connectivity index (χ1n) is 28.1. The maximum atomic E-state index is 11.8. The SMILES string of the molecule is C=C(Cl)CSC(=O)N(CC)CC.CC(C)N(C(=O)SCC(Cl)=CCl)C(C)C.CC(C)OC(=O)Nc1cccc(Cl)c1.CCCN(CCC)C(=O)SCC.CCCSC(=O)N(CCC)CCC.CCN(CC)C(=O)SCc1ccc(Cl)cc1. The van der Waals surface area contributed by atoms with Gasteiger partial charge in [-0.25, -0.2) is 4.79 Å². The molecule has 0 atom stereocenters. The lowest BCUT2D eigenvalue weighted by Crippen LogP contribution is -2.39. The predicted molar refractivity (Wildman–Crippen MR) is 369 cm³/mol. The second-order valence-corrected chi connectivity index (χ2v) is 25.3. The number of thioether (sulfide) groups is 5. The number of hydrogen-bond acceptors (Lipinski definition) is 12. The molecule has 0 spiro atoms. The van der Waals surface area contributed by atoms with Crippen molar-refractivity contribution in [2.75, 3.05) is 80.7 Å². The van der Waals surface area contributed by atoms with E-state index in [1.54, 1.807) is 43.0 Å². The van der Waals surface area contributed by atoms with Crippen molar-refractivity contribution in [3.05, 3.63) is 86.3 Å². The van der Waals surface area contributed by atoms with Crippen molar-refractivity contribution < 1.29 is 33.5 Å². The van der Waals surface area contributed by atoms with E-state index >= 15 is 0 Å². The highest BCUT2D eigenvalue weighted by Crippen LogP contribution is 2.21. The lowest BCUT2D eigenvalue weighted by molar-refractivity contribution is 0.130. The monoisotopic (exact) mass is 1340 g/mol. The van der Waals surface area contributed by atoms with Gasteiger partial charge in [0.1, 0.15) is 0 Å². The summed E-state index contributed by atoms with van der Waals surface area (Å²) >= 11 is 34.7. The van der Waals surface area contributed by atoms with Crippen LogP contribution >= 0.6 is 117 Å². The summed E-state index contributed by atoms with van der Waals surface area (Å²) in [5.41, 5.74) is 3.04. The molecule has 0 bridgehead atoms. The van der Waals surface area contributed by atoms with Crippen molar-refractivity contribution in [3.63, 3.8) is 0 Å². The fraction of sp³-hybridized carbons (Fsp3) is 0.627. The van der Waals surface area contributed by atoms with Gasteiger partial charge in [-0.3, -0.25) is 29.3 Å². The minimum absolute atomic E-state index is 0.0386. The van der Waals surface area contributed by atoms with Gasteiger partial charge in [0.15, 0.2) is 0 Å². The number of rotatable bonds is 25. The fourth-order valence-electron chi connectivity index (χ4n) is 6.36. The molecule has 2 aromatic carbocycles. The molecule has 13 nitrogen and oxygen atoms in total. The normalized spacial score (nSPS) is 10.4. The van der Waals surface area contributed by atoms with Crippen LogP contribution < -0.4 is 5.32 Å². The van der Waals surface area contributed by atoms with E-state index in [0.717, 1.165) is 107 Å². The maximum Gasteiger partial charge on any atom is 0.411 e. The van der Waals surface area contributed by atoms with E-state index in [2.05, 4.69) is 46.5 Å². The van der Waals surface area contributed by atoms with Crippen molar-refractivity contribution in [3.8, 4) is 0 Å². The lowest BCUT2D eigenvalue weighted by Gasteiger charge is -2.30. The van der Waals surface area contributed by atoms with Crippen LogP contribution in [-0.4, -0.2) is 150 Å². The largest absolute Gasteiger partial charge is 0.447 e. The van der Waals surface area contributed by atoms with E-state index in [4.69, 9.17) is 62.7 Å². The fourth-order valence-corrected chi connectivity index (χ4v) is 11.1. The number of halogens is 5. The molecule has 2 rings (SSSR count). The van der Waals surface area contributed by atoms with Gasteiger partial charge in [0.05, 0.1) is 6.10 Å². The second-order valence-electron chi connectivity index (χ2n) is 18.2. The highest BCUT2D eigenvalue weighted by molar-refractivity contribution is 8.14. The summed E-state index contributed by atoms with van der Waals surface area (Å²) in [6.07, 6.45) is 4.68. The Kier molecular flexibility index (Phi) is 59.4. The van der Waals surface area contributed by atoms with Gasteiger partial charge in [-0.15, -0.1) is 0 Å². The van der Waals surface area contributed by atoms with Crippen LogP contribution in [0.25, 0.3) is 0 Å². The standard InChI is InChI=1S/C12H16ClNOS.C10H17Cl2NOS.C10H12ClNO2.C10H21NOS.C9H19NOS.C8H14ClNOS/c1-3-14(4-2)12(15)16-9-10-5-7-11(13)8-6-10;1-7(2)13(8(3)4)10(14)15-6-9(12)5-11;1-7(2)14-10(13)12-9-5-3-4-8(11)6-9;1-4-7-11(8-5-2)10(12)13-9-6-3;1-4-7-10(8-5-2)9(11)12-6-3;1-4-10(5-2)8(11)12-6-7(3)9/h5-8H,3-4,9H2,1-2H3;5,7-8H,6H2,1-4H3;3-7H,1-2H3,(H,12,13);4-9H2,1-3H3;4-8H2,1-3H3;3-6H2,1-2H3. The molecule has 0 aliphatic heterocycles. The third-order valence-corrected chi connectivity index (χ3v) is 16.4. The van der Waals surface area contributed by atoms with Crippen molar-refractivity contribution in [2.45, 2.75) is 167 Å². The molecule has 0 aliphatic carbocycles. The molecule has 0 aliphatic rings. The molecule has 6 amide bonds. The van der Waals surface area contributed by atoms with Gasteiger partial charge in [-0.05, 0) is 143 Å². The maximum absolute atomic E-state index is 11.8. The summed E-state index contributed by atoms with van der Waals surface area (Å²) in [4.78, 5) is 78.2. The van der Waals surface area contributed by atoms with E-state index in [9.17, 15) is 28.8 Å². The van der Waals surface area contributed by atoms with E-state index in [1.165, 1.54) is 64.3 Å². The lowest BCUT2D eigenvalue weighted by atomic mass is 10.2. The van der Waals surface area contributed by atoms with Gasteiger partial charge < -0.3 is 29.2 Å². The zero-order chi connectivity index (χ0) is 63.6. The van der Waals surface area contributed by atoms with Crippen LogP contribution in [0.4, 0.5) is 34.5 Å². The first kappa shape index (κ1) is 86.2. The van der Waals surface area contributed by atoms with E-state index in [-0.39, 0.29) is 44.4 Å². The van der Waals surface area contributed by atoms with Gasteiger partial charge >= 0.3 is 6.09 Å². The highest BCUT2D eigenvalue weighted by Gasteiger charge is 2.20. The summed E-state index contributed by atoms with van der Waals surface area (Å²) in [5, 5.41) is 5.61. The molecule has 1 N–H and O–H groups in total. The molecule has 82 heavy (non-hydrogen) atoms. The molecular weight excluding hydrogens is 1240 g/mol. The second kappa shape index (κ2) is 56.5. The third kappa shape index (κ3) is 47.9. The Morgan fingerprint density at radius 1 is 0.561 bits per heavy atom. The molecule has 2 aromatic rings. The van der Waals surface area contributed by atoms with E-state index in [0.29, 0.717) is 38.0 Å². The van der Waals surface area contributed by atoms with Crippen molar-refractivity contribution in [1.82, 2.24) is 24.5 Å². The zero-order valence-corrected chi connectivity index (χ0v) is 59.8. The number of ether oxygens (including phenoxy) is 1. The topological polar surface area (TPSA) is 140 Å². The summed E-state index contributed by atoms with van der Waals surface area (Å²) in [5.74, 6) is 3.45. The molecule has 0 fully saturated rings. The Morgan fingerprint density at radius 2 is 1.00 bits per heavy atom. The molecule has 23 heteroatoms. The summed E-state index contributed by atoms with van der Waals surface area (Å²) < 4.78 is 4.90. The summed E-state index contributed by atoms with van der Waals surface area (Å²) in [6, 6.07) is 14.9. The molecule has 0 saturated carbocycles. The third-order valence-electron chi connectivity index (χ3n) is 10.0. The number of nitrogens with zero attached hydrogens (tertiary/aromatic N) is 5. The van der Waals surface area contributed by atoms with Crippen molar-refractivity contribution in [2.24, 2.45) is 0 Å². The number of carbonyl (C=O) groups is 6. The first-order chi connectivity index (χ1) is 38.8.